The number of rotatable bonds is 2. The largest absolute Gasteiger partial charge is 0.390 e. The molecule has 18 heavy (non-hydrogen) atoms. The van der Waals surface area contributed by atoms with E-state index in [1.165, 1.54) is 0 Å². The molecule has 1 fully saturated rings. The summed E-state index contributed by atoms with van der Waals surface area (Å²) in [5.41, 5.74) is 0. The fourth-order valence-corrected chi connectivity index (χ4v) is 1.88. The molecule has 0 radical (unpaired) electrons. The molecule has 0 aromatic rings. The Bertz CT molecular complexity index is 413. The first-order valence-corrected chi connectivity index (χ1v) is 5.25. The Kier molecular flexibility index (Phi) is 3.20. The maximum atomic E-state index is 13.8. The van der Waals surface area contributed by atoms with Crippen LogP contribution in [0.5, 0.6) is 0 Å². The summed E-state index contributed by atoms with van der Waals surface area (Å²) in [5, 5.41) is 27.8. The second-order valence-corrected chi connectivity index (χ2v) is 4.15. The molecule has 1 saturated heterocycles. The normalized spacial score (nSPS) is 40.7. The second kappa shape index (κ2) is 4.39. The van der Waals surface area contributed by atoms with Crippen LogP contribution in [0.4, 0.5) is 4.39 Å². The Balaban J connectivity index is 2.23. The quantitative estimate of drug-likeness (QED) is 0.498. The van der Waals surface area contributed by atoms with Gasteiger partial charge in [-0.3, -0.25) is 14.5 Å². The van der Waals surface area contributed by atoms with E-state index in [1.807, 2.05) is 0 Å². The van der Waals surface area contributed by atoms with Gasteiger partial charge in [0, 0.05) is 6.20 Å². The molecule has 3 N–H and O–H groups in total. The number of nitrogens with zero attached hydrogens (tertiary/aromatic N) is 1. The number of ether oxygens (including phenoxy) is 1. The van der Waals surface area contributed by atoms with Crippen molar-refractivity contribution in [2.24, 2.45) is 0 Å². The third-order valence-electron chi connectivity index (χ3n) is 2.90. The van der Waals surface area contributed by atoms with Gasteiger partial charge in [0.15, 0.2) is 12.0 Å². The summed E-state index contributed by atoms with van der Waals surface area (Å²) < 4.78 is 18.5. The number of alkyl halides is 1. The van der Waals surface area contributed by atoms with Crippen molar-refractivity contribution >= 4 is 11.7 Å². The van der Waals surface area contributed by atoms with E-state index >= 15 is 0 Å². The average molecular weight is 261 g/mol. The summed E-state index contributed by atoms with van der Waals surface area (Å²) in [5.74, 6) is -3.93. The summed E-state index contributed by atoms with van der Waals surface area (Å²) in [4.78, 5) is 23.3. The molecular weight excluding hydrogens is 249 g/mol. The number of halogens is 1. The molecule has 2 heterocycles. The lowest BCUT2D eigenvalue weighted by Crippen LogP contribution is -2.46. The topological polar surface area (TPSA) is 107 Å². The van der Waals surface area contributed by atoms with Crippen LogP contribution in [0.1, 0.15) is 6.42 Å². The lowest BCUT2D eigenvalue weighted by Gasteiger charge is -2.28. The first-order chi connectivity index (χ1) is 8.39. The molecule has 0 aliphatic carbocycles. The molecule has 7 nitrogen and oxygen atoms in total. The fraction of sp³-hybridized carbons (Fsp3) is 0.600. The second-order valence-electron chi connectivity index (χ2n) is 4.15. The van der Waals surface area contributed by atoms with Crippen molar-refractivity contribution in [2.75, 3.05) is 6.61 Å². The van der Waals surface area contributed by atoms with Crippen LogP contribution in [-0.4, -0.2) is 62.8 Å². The molecule has 1 amide bonds. The molecule has 2 aliphatic rings. The molecule has 2 aliphatic heterocycles. The van der Waals surface area contributed by atoms with E-state index in [9.17, 15) is 24.2 Å². The van der Waals surface area contributed by atoms with E-state index in [0.29, 0.717) is 0 Å². The van der Waals surface area contributed by atoms with Crippen LogP contribution in [-0.2, 0) is 14.3 Å². The van der Waals surface area contributed by atoms with Crippen molar-refractivity contribution in [3.63, 3.8) is 0 Å². The lowest BCUT2D eigenvalue weighted by atomic mass is 10.1. The third-order valence-corrected chi connectivity index (χ3v) is 2.90. The predicted octanol–water partition coefficient (Wildman–Crippen LogP) is -1.96. The van der Waals surface area contributed by atoms with Crippen molar-refractivity contribution in [3.8, 4) is 0 Å². The predicted molar refractivity (Wildman–Crippen MR) is 53.4 cm³/mol. The van der Waals surface area contributed by atoms with Gasteiger partial charge < -0.3 is 20.1 Å². The van der Waals surface area contributed by atoms with Crippen LogP contribution in [0.3, 0.4) is 0 Å². The fourth-order valence-electron chi connectivity index (χ4n) is 1.88. The summed E-state index contributed by atoms with van der Waals surface area (Å²) in [7, 11) is 0. The van der Waals surface area contributed by atoms with Gasteiger partial charge in [-0.2, -0.15) is 0 Å². The Morgan fingerprint density at radius 1 is 1.50 bits per heavy atom. The monoisotopic (exact) mass is 261 g/mol. The zero-order valence-electron chi connectivity index (χ0n) is 9.19. The van der Waals surface area contributed by atoms with Gasteiger partial charge in [-0.15, -0.1) is 0 Å². The molecule has 0 saturated carbocycles. The molecule has 4 atom stereocenters. The van der Waals surface area contributed by atoms with Crippen LogP contribution < -0.4 is 0 Å². The molecule has 0 bridgehead atoms. The first-order valence-electron chi connectivity index (χ1n) is 5.25. The Labute approximate surface area is 101 Å². The highest BCUT2D eigenvalue weighted by Gasteiger charge is 2.57. The summed E-state index contributed by atoms with van der Waals surface area (Å²) in [6.45, 7) is -1.16. The number of aliphatic hydroxyl groups is 3. The van der Waals surface area contributed by atoms with Gasteiger partial charge >= 0.3 is 0 Å². The van der Waals surface area contributed by atoms with Gasteiger partial charge in [0.1, 0.15) is 18.8 Å². The number of ketones is 1. The summed E-state index contributed by atoms with van der Waals surface area (Å²) in [6, 6.07) is 0. The number of aliphatic hydroxyl groups excluding tert-OH is 3. The molecule has 0 unspecified atom stereocenters. The highest BCUT2D eigenvalue weighted by atomic mass is 19.2. The maximum Gasteiger partial charge on any atom is 0.263 e. The number of hydrogen-bond donors (Lipinski definition) is 3. The minimum absolute atomic E-state index is 0.419. The van der Waals surface area contributed by atoms with Gasteiger partial charge in [0.25, 0.3) is 5.85 Å². The highest BCUT2D eigenvalue weighted by molar-refractivity contribution is 6.06. The first kappa shape index (κ1) is 13.1. The van der Waals surface area contributed by atoms with Crippen molar-refractivity contribution in [1.29, 1.82) is 0 Å². The number of carbonyl (C=O) groups excluding carboxylic acids is 2. The van der Waals surface area contributed by atoms with Crippen molar-refractivity contribution < 1.29 is 34.0 Å². The SMILES string of the molecule is O=C1C=CN([C@@H]2O[C@](F)(CO)[C@@H](O)[C@H]2O)C(=O)C1. The zero-order valence-corrected chi connectivity index (χ0v) is 9.19. The van der Waals surface area contributed by atoms with Gasteiger partial charge in [-0.25, -0.2) is 4.39 Å². The highest BCUT2D eigenvalue weighted by Crippen LogP contribution is 2.34. The Morgan fingerprint density at radius 2 is 2.17 bits per heavy atom. The van der Waals surface area contributed by atoms with E-state index in [-0.39, 0.29) is 0 Å². The smallest absolute Gasteiger partial charge is 0.263 e. The number of carbonyl (C=O) groups is 2. The van der Waals surface area contributed by atoms with E-state index in [4.69, 9.17) is 9.84 Å². The molecular formula is C10H12FNO6. The van der Waals surface area contributed by atoms with Crippen LogP contribution in [0.15, 0.2) is 12.3 Å². The summed E-state index contributed by atoms with van der Waals surface area (Å²) in [6.07, 6.45) is -3.46. The van der Waals surface area contributed by atoms with Gasteiger partial charge in [-0.1, -0.05) is 0 Å². The minimum Gasteiger partial charge on any atom is -0.390 e. The average Bonchev–Trinajstić information content (AvgIpc) is 2.55. The van der Waals surface area contributed by atoms with Gasteiger partial charge in [0.05, 0.1) is 6.42 Å². The lowest BCUT2D eigenvalue weighted by molar-refractivity contribution is -0.212. The molecule has 0 aromatic heterocycles. The minimum atomic E-state index is -2.83. The molecule has 2 rings (SSSR count). The number of amides is 1. The van der Waals surface area contributed by atoms with Crippen LogP contribution in [0.2, 0.25) is 0 Å². The Hall–Kier alpha value is -1.35. The zero-order chi connectivity index (χ0) is 13.5. The van der Waals surface area contributed by atoms with E-state index in [2.05, 4.69) is 0 Å². The van der Waals surface area contributed by atoms with Gasteiger partial charge in [-0.05, 0) is 6.08 Å². The molecule has 100 valence electrons. The van der Waals surface area contributed by atoms with E-state index in [0.717, 1.165) is 17.2 Å². The number of allylic oxidation sites excluding steroid dienone is 1. The number of hydrogen-bond acceptors (Lipinski definition) is 6. The maximum absolute atomic E-state index is 13.8. The third kappa shape index (κ3) is 1.93. The Morgan fingerprint density at radius 3 is 2.67 bits per heavy atom. The molecule has 0 aromatic carbocycles. The van der Waals surface area contributed by atoms with E-state index < -0.39 is 49.0 Å². The molecule has 0 spiro atoms. The van der Waals surface area contributed by atoms with Crippen molar-refractivity contribution in [1.82, 2.24) is 4.90 Å². The van der Waals surface area contributed by atoms with Crippen LogP contribution in [0.25, 0.3) is 0 Å². The summed E-state index contributed by atoms with van der Waals surface area (Å²) >= 11 is 0. The standard InChI is InChI=1S/C10H12FNO6/c11-10(4-13)8(17)7(16)9(18-10)12-2-1-5(14)3-6(12)15/h1-2,7-9,13,16-17H,3-4H2/t7-,8+,9-,10-/m1/s1. The molecule has 8 heteroatoms. The van der Waals surface area contributed by atoms with Crippen molar-refractivity contribution in [3.05, 3.63) is 12.3 Å². The van der Waals surface area contributed by atoms with Crippen LogP contribution in [0, 0.1) is 0 Å². The van der Waals surface area contributed by atoms with E-state index in [1.54, 1.807) is 0 Å². The van der Waals surface area contributed by atoms with Crippen molar-refractivity contribution in [2.45, 2.75) is 30.7 Å². The van der Waals surface area contributed by atoms with Crippen LogP contribution >= 0.6 is 0 Å². The van der Waals surface area contributed by atoms with Gasteiger partial charge in [0.2, 0.25) is 5.91 Å².